The first-order chi connectivity index (χ1) is 14.4. The zero-order chi connectivity index (χ0) is 21.3. The molecule has 9 heteroatoms. The van der Waals surface area contributed by atoms with Crippen LogP contribution in [0.2, 0.25) is 5.02 Å². The number of oxazole rings is 1. The molecule has 1 saturated heterocycles. The van der Waals surface area contributed by atoms with Crippen LogP contribution in [0, 0.1) is 0 Å². The highest BCUT2D eigenvalue weighted by Gasteiger charge is 2.32. The minimum absolute atomic E-state index is 0.0623. The molecule has 2 heterocycles. The summed E-state index contributed by atoms with van der Waals surface area (Å²) in [6.07, 6.45) is 0. The second kappa shape index (κ2) is 8.70. The Bertz CT molecular complexity index is 1120. The van der Waals surface area contributed by atoms with Crippen LogP contribution in [-0.2, 0) is 9.84 Å². The standard InChI is InChI=1S/C21H21BrClN3O3S/c1-2-25-11-13-26(14-12-25)21-20(30(27,28)18-9-7-17(23)8-10-18)24-19(29-21)15-3-5-16(22)6-4-15/h3-10H,2,11-14H2,1H3. The number of hydrogen-bond donors (Lipinski definition) is 0. The van der Waals surface area contributed by atoms with Crippen molar-refractivity contribution >= 4 is 43.3 Å². The van der Waals surface area contributed by atoms with Crippen molar-refractivity contribution in [3.63, 3.8) is 0 Å². The van der Waals surface area contributed by atoms with Crippen LogP contribution in [0.1, 0.15) is 6.92 Å². The zero-order valence-corrected chi connectivity index (χ0v) is 19.5. The van der Waals surface area contributed by atoms with Crippen molar-refractivity contribution in [2.45, 2.75) is 16.8 Å². The van der Waals surface area contributed by atoms with Crippen LogP contribution < -0.4 is 4.90 Å². The highest BCUT2D eigenvalue weighted by Crippen LogP contribution is 2.35. The van der Waals surface area contributed by atoms with Gasteiger partial charge in [-0.3, -0.25) is 0 Å². The van der Waals surface area contributed by atoms with E-state index in [1.54, 1.807) is 12.1 Å². The van der Waals surface area contributed by atoms with E-state index >= 15 is 0 Å². The number of sulfone groups is 1. The van der Waals surface area contributed by atoms with Gasteiger partial charge in [-0.15, -0.1) is 0 Å². The molecule has 158 valence electrons. The third-order valence-corrected chi connectivity index (χ3v) is 7.60. The molecule has 1 aromatic heterocycles. The monoisotopic (exact) mass is 509 g/mol. The predicted octanol–water partition coefficient (Wildman–Crippen LogP) is 4.73. The van der Waals surface area contributed by atoms with E-state index in [9.17, 15) is 8.42 Å². The van der Waals surface area contributed by atoms with Gasteiger partial charge in [-0.1, -0.05) is 34.5 Å². The topological polar surface area (TPSA) is 66.7 Å². The molecule has 0 aliphatic carbocycles. The highest BCUT2D eigenvalue weighted by molar-refractivity contribution is 9.10. The Balaban J connectivity index is 1.79. The number of halogens is 2. The maximum atomic E-state index is 13.4. The first-order valence-corrected chi connectivity index (χ1v) is 12.3. The molecule has 0 atom stereocenters. The van der Waals surface area contributed by atoms with Gasteiger partial charge in [0.1, 0.15) is 0 Å². The number of benzene rings is 2. The molecule has 0 N–H and O–H groups in total. The molecule has 0 bridgehead atoms. The number of anilines is 1. The number of piperazine rings is 1. The molecule has 1 aliphatic heterocycles. The van der Waals surface area contributed by atoms with E-state index in [1.165, 1.54) is 12.1 Å². The third-order valence-electron chi connectivity index (χ3n) is 5.16. The van der Waals surface area contributed by atoms with Gasteiger partial charge in [-0.05, 0) is 55.1 Å². The first kappa shape index (κ1) is 21.4. The normalized spacial score (nSPS) is 15.5. The van der Waals surface area contributed by atoms with Crippen LogP contribution in [0.4, 0.5) is 5.88 Å². The van der Waals surface area contributed by atoms with Crippen molar-refractivity contribution < 1.29 is 12.8 Å². The summed E-state index contributed by atoms with van der Waals surface area (Å²) in [5.74, 6) is 0.571. The summed E-state index contributed by atoms with van der Waals surface area (Å²) in [7, 11) is -3.88. The summed E-state index contributed by atoms with van der Waals surface area (Å²) < 4.78 is 33.8. The first-order valence-electron chi connectivity index (χ1n) is 9.63. The Labute approximate surface area is 189 Å². The lowest BCUT2D eigenvalue weighted by Crippen LogP contribution is -2.46. The molecule has 6 nitrogen and oxygen atoms in total. The highest BCUT2D eigenvalue weighted by atomic mass is 79.9. The van der Waals surface area contributed by atoms with E-state index < -0.39 is 9.84 Å². The van der Waals surface area contributed by atoms with E-state index in [4.69, 9.17) is 16.0 Å². The Morgan fingerprint density at radius 2 is 1.67 bits per heavy atom. The van der Waals surface area contributed by atoms with Gasteiger partial charge in [0.15, 0.2) is 0 Å². The van der Waals surface area contributed by atoms with Crippen molar-refractivity contribution in [2.24, 2.45) is 0 Å². The van der Waals surface area contributed by atoms with Gasteiger partial charge in [0.25, 0.3) is 0 Å². The van der Waals surface area contributed by atoms with Crippen molar-refractivity contribution in [3.05, 3.63) is 58.0 Å². The molecular weight excluding hydrogens is 490 g/mol. The van der Waals surface area contributed by atoms with Crippen LogP contribution in [0.15, 0.2) is 67.3 Å². The van der Waals surface area contributed by atoms with Gasteiger partial charge < -0.3 is 14.2 Å². The second-order valence-electron chi connectivity index (χ2n) is 7.01. The SMILES string of the molecule is CCN1CCN(c2oc(-c3ccc(Br)cc3)nc2S(=O)(=O)c2ccc(Cl)cc2)CC1. The van der Waals surface area contributed by atoms with Crippen molar-refractivity contribution in [1.29, 1.82) is 0 Å². The van der Waals surface area contributed by atoms with Gasteiger partial charge in [0.2, 0.25) is 26.6 Å². The molecule has 0 unspecified atom stereocenters. The lowest BCUT2D eigenvalue weighted by Gasteiger charge is -2.33. The summed E-state index contributed by atoms with van der Waals surface area (Å²) in [5.41, 5.74) is 0.712. The molecule has 1 aliphatic rings. The van der Waals surface area contributed by atoms with Gasteiger partial charge in [0.05, 0.1) is 4.90 Å². The fourth-order valence-electron chi connectivity index (χ4n) is 3.38. The van der Waals surface area contributed by atoms with E-state index in [1.807, 2.05) is 29.2 Å². The fraction of sp³-hybridized carbons (Fsp3) is 0.286. The maximum Gasteiger partial charge on any atom is 0.236 e. The summed E-state index contributed by atoms with van der Waals surface area (Å²) in [4.78, 5) is 8.85. The van der Waals surface area contributed by atoms with E-state index in [2.05, 4.69) is 32.7 Å². The van der Waals surface area contributed by atoms with Crippen molar-refractivity contribution in [1.82, 2.24) is 9.88 Å². The van der Waals surface area contributed by atoms with E-state index in [-0.39, 0.29) is 15.8 Å². The Kier molecular flexibility index (Phi) is 6.20. The number of hydrogen-bond acceptors (Lipinski definition) is 6. The van der Waals surface area contributed by atoms with Gasteiger partial charge >= 0.3 is 0 Å². The quantitative estimate of drug-likeness (QED) is 0.494. The number of nitrogens with zero attached hydrogens (tertiary/aromatic N) is 3. The number of rotatable bonds is 5. The number of aromatic nitrogens is 1. The summed E-state index contributed by atoms with van der Waals surface area (Å²) >= 11 is 9.35. The average molecular weight is 511 g/mol. The maximum absolute atomic E-state index is 13.4. The van der Waals surface area contributed by atoms with E-state index in [0.29, 0.717) is 29.6 Å². The molecule has 4 rings (SSSR count). The van der Waals surface area contributed by atoms with Crippen LogP contribution in [0.3, 0.4) is 0 Å². The Morgan fingerprint density at radius 3 is 2.27 bits per heavy atom. The zero-order valence-electron chi connectivity index (χ0n) is 16.4. The Hall–Kier alpha value is -1.87. The average Bonchev–Trinajstić information content (AvgIpc) is 3.21. The van der Waals surface area contributed by atoms with Crippen molar-refractivity contribution in [3.8, 4) is 11.5 Å². The summed E-state index contributed by atoms with van der Waals surface area (Å²) in [5, 5.41) is 0.410. The van der Waals surface area contributed by atoms with Crippen LogP contribution >= 0.6 is 27.5 Å². The van der Waals surface area contributed by atoms with Gasteiger partial charge in [0, 0.05) is 41.2 Å². The molecule has 3 aromatic rings. The minimum Gasteiger partial charge on any atom is -0.419 e. The van der Waals surface area contributed by atoms with Crippen LogP contribution in [0.25, 0.3) is 11.5 Å². The largest absolute Gasteiger partial charge is 0.419 e. The van der Waals surface area contributed by atoms with Gasteiger partial charge in [-0.2, -0.15) is 4.98 Å². The molecule has 0 amide bonds. The molecule has 30 heavy (non-hydrogen) atoms. The molecule has 1 fully saturated rings. The molecule has 2 aromatic carbocycles. The van der Waals surface area contributed by atoms with E-state index in [0.717, 1.165) is 24.1 Å². The Morgan fingerprint density at radius 1 is 1.03 bits per heavy atom. The summed E-state index contributed by atoms with van der Waals surface area (Å²) in [6, 6.07) is 13.5. The molecular formula is C21H21BrClN3O3S. The smallest absolute Gasteiger partial charge is 0.236 e. The van der Waals surface area contributed by atoms with Gasteiger partial charge in [-0.25, -0.2) is 8.42 Å². The van der Waals surface area contributed by atoms with Crippen LogP contribution in [-0.4, -0.2) is 51.0 Å². The lowest BCUT2D eigenvalue weighted by molar-refractivity contribution is 0.266. The second-order valence-corrected chi connectivity index (χ2v) is 10.2. The molecule has 0 radical (unpaired) electrons. The predicted molar refractivity (Wildman–Crippen MR) is 121 cm³/mol. The lowest BCUT2D eigenvalue weighted by atomic mass is 10.2. The summed E-state index contributed by atoms with van der Waals surface area (Å²) in [6.45, 7) is 6.10. The third kappa shape index (κ3) is 4.27. The number of likely N-dealkylation sites (N-methyl/N-ethyl adjacent to an activating group) is 1. The van der Waals surface area contributed by atoms with Crippen molar-refractivity contribution in [2.75, 3.05) is 37.6 Å². The molecule has 0 spiro atoms. The minimum atomic E-state index is -3.88. The fourth-order valence-corrected chi connectivity index (χ4v) is 5.09. The van der Waals surface area contributed by atoms with Crippen LogP contribution in [0.5, 0.6) is 0 Å². The molecule has 0 saturated carbocycles.